The number of guanidine groups is 1. The Kier molecular flexibility index (Phi) is 8.70. The summed E-state index contributed by atoms with van der Waals surface area (Å²) < 4.78 is 9.48. The van der Waals surface area contributed by atoms with E-state index in [9.17, 15) is 0 Å². The molecule has 3 aromatic rings. The van der Waals surface area contributed by atoms with Crippen LogP contribution < -0.4 is 10.1 Å². The van der Waals surface area contributed by atoms with E-state index in [1.165, 1.54) is 0 Å². The van der Waals surface area contributed by atoms with Gasteiger partial charge in [0.2, 0.25) is 0 Å². The van der Waals surface area contributed by atoms with Gasteiger partial charge in [-0.1, -0.05) is 19.1 Å². The molecule has 1 saturated heterocycles. The summed E-state index contributed by atoms with van der Waals surface area (Å²) in [4.78, 5) is 11.6. The van der Waals surface area contributed by atoms with Crippen LogP contribution in [0.2, 0.25) is 0 Å². The van der Waals surface area contributed by atoms with Gasteiger partial charge in [0, 0.05) is 32.5 Å². The van der Waals surface area contributed by atoms with Crippen LogP contribution in [0, 0.1) is 12.8 Å². The maximum Gasteiger partial charge on any atom is 0.194 e. The lowest BCUT2D eigenvalue weighted by Crippen LogP contribution is -2.49. The average Bonchev–Trinajstić information content (AvgIpc) is 3.46. The van der Waals surface area contributed by atoms with Crippen LogP contribution >= 0.6 is 24.0 Å². The molecule has 1 aliphatic rings. The fraction of sp³-hybridized carbons (Fsp3) is 0.478. The van der Waals surface area contributed by atoms with Crippen LogP contribution in [-0.4, -0.2) is 55.4 Å². The molecule has 33 heavy (non-hydrogen) atoms. The summed E-state index contributed by atoms with van der Waals surface area (Å²) in [7, 11) is 3.66. The average molecular weight is 564 g/mol. The number of benzene rings is 1. The molecule has 0 amide bonds. The highest BCUT2D eigenvalue weighted by molar-refractivity contribution is 14.0. The standard InChI is InChI=1S/C23H32N8O.HI/c1-17-9-11-30(15-21(17)31-12-10-24-16-31)23(26-14-22-28-27-18(2)29(22)3)25-13-19-5-7-20(32-4)8-6-19;/h5-8,10,12,16-17,21H,9,11,13-15H2,1-4H3,(H,25,26);1H. The normalized spacial score (nSPS) is 18.7. The molecular formula is C23H33IN8O. The van der Waals surface area contributed by atoms with Gasteiger partial charge in [0.1, 0.15) is 11.6 Å². The lowest BCUT2D eigenvalue weighted by Gasteiger charge is -2.39. The first-order valence-electron chi connectivity index (χ1n) is 11.0. The monoisotopic (exact) mass is 564 g/mol. The molecule has 0 bridgehead atoms. The molecule has 10 heteroatoms. The minimum atomic E-state index is 0. The van der Waals surface area contributed by atoms with Crippen LogP contribution in [0.5, 0.6) is 5.75 Å². The molecular weight excluding hydrogens is 531 g/mol. The first kappa shape index (κ1) is 25.0. The lowest BCUT2D eigenvalue weighted by molar-refractivity contribution is 0.188. The SMILES string of the molecule is COc1ccc(CN=C(NCc2nnc(C)n2C)N2CCC(C)C(n3ccnc3)C2)cc1.I. The summed E-state index contributed by atoms with van der Waals surface area (Å²) >= 11 is 0. The Hall–Kier alpha value is -2.63. The summed E-state index contributed by atoms with van der Waals surface area (Å²) in [5.74, 6) is 4.09. The molecule has 2 atom stereocenters. The van der Waals surface area contributed by atoms with Gasteiger partial charge in [-0.15, -0.1) is 34.2 Å². The van der Waals surface area contributed by atoms with Crippen molar-refractivity contribution in [2.24, 2.45) is 18.0 Å². The van der Waals surface area contributed by atoms with Crippen molar-refractivity contribution < 1.29 is 4.74 Å². The zero-order valence-electron chi connectivity index (χ0n) is 19.7. The summed E-state index contributed by atoms with van der Waals surface area (Å²) in [5.41, 5.74) is 1.14. The number of rotatable bonds is 6. The van der Waals surface area contributed by atoms with E-state index in [0.29, 0.717) is 25.0 Å². The number of halogens is 1. The highest BCUT2D eigenvalue weighted by Gasteiger charge is 2.29. The van der Waals surface area contributed by atoms with Gasteiger partial charge in [-0.3, -0.25) is 0 Å². The molecule has 4 rings (SSSR count). The summed E-state index contributed by atoms with van der Waals surface area (Å²) in [5, 5.41) is 12.0. The Balaban J connectivity index is 0.00000306. The topological polar surface area (TPSA) is 85.4 Å². The van der Waals surface area contributed by atoms with E-state index in [1.807, 2.05) is 43.2 Å². The van der Waals surface area contributed by atoms with Gasteiger partial charge in [-0.25, -0.2) is 9.98 Å². The van der Waals surface area contributed by atoms with E-state index < -0.39 is 0 Å². The molecule has 9 nitrogen and oxygen atoms in total. The number of aliphatic imine (C=N–C) groups is 1. The number of imidazole rings is 1. The molecule has 0 saturated carbocycles. The molecule has 1 aromatic carbocycles. The number of aryl methyl sites for hydroxylation is 1. The highest BCUT2D eigenvalue weighted by Crippen LogP contribution is 2.27. The van der Waals surface area contributed by atoms with Crippen LogP contribution in [0.1, 0.15) is 36.6 Å². The quantitative estimate of drug-likeness (QED) is 0.281. The van der Waals surface area contributed by atoms with Crippen molar-refractivity contribution in [1.29, 1.82) is 0 Å². The van der Waals surface area contributed by atoms with E-state index >= 15 is 0 Å². The van der Waals surface area contributed by atoms with Gasteiger partial charge < -0.3 is 24.1 Å². The number of aromatic nitrogens is 5. The number of likely N-dealkylation sites (tertiary alicyclic amines) is 1. The van der Waals surface area contributed by atoms with E-state index in [1.54, 1.807) is 7.11 Å². The van der Waals surface area contributed by atoms with Crippen LogP contribution in [0.4, 0.5) is 0 Å². The Morgan fingerprint density at radius 2 is 2.03 bits per heavy atom. The van der Waals surface area contributed by atoms with Crippen LogP contribution in [-0.2, 0) is 20.1 Å². The van der Waals surface area contributed by atoms with Crippen molar-refractivity contribution in [3.05, 3.63) is 60.2 Å². The molecule has 1 fully saturated rings. The van der Waals surface area contributed by atoms with Crippen LogP contribution in [0.25, 0.3) is 0 Å². The van der Waals surface area contributed by atoms with Gasteiger partial charge in [0.25, 0.3) is 0 Å². The highest BCUT2D eigenvalue weighted by atomic mass is 127. The molecule has 2 aromatic heterocycles. The van der Waals surface area contributed by atoms with Crippen molar-refractivity contribution in [2.45, 2.75) is 39.4 Å². The van der Waals surface area contributed by atoms with Gasteiger partial charge >= 0.3 is 0 Å². The van der Waals surface area contributed by atoms with E-state index in [-0.39, 0.29) is 24.0 Å². The number of nitrogens with zero attached hydrogens (tertiary/aromatic N) is 7. The van der Waals surface area contributed by atoms with E-state index in [0.717, 1.165) is 48.4 Å². The van der Waals surface area contributed by atoms with Gasteiger partial charge in [-0.05, 0) is 37.0 Å². The Bertz CT molecular complexity index is 1030. The van der Waals surface area contributed by atoms with Gasteiger partial charge in [0.15, 0.2) is 11.8 Å². The minimum absolute atomic E-state index is 0. The largest absolute Gasteiger partial charge is 0.497 e. The number of hydrogen-bond acceptors (Lipinski definition) is 5. The number of ether oxygens (including phenoxy) is 1. The number of nitrogens with one attached hydrogen (secondary N) is 1. The fourth-order valence-electron chi connectivity index (χ4n) is 4.02. The third-order valence-electron chi connectivity index (χ3n) is 6.28. The Morgan fingerprint density at radius 1 is 1.24 bits per heavy atom. The molecule has 2 unspecified atom stereocenters. The molecule has 0 spiro atoms. The summed E-state index contributed by atoms with van der Waals surface area (Å²) in [6.45, 7) is 7.26. The van der Waals surface area contributed by atoms with Gasteiger partial charge in [0.05, 0.1) is 32.6 Å². The summed E-state index contributed by atoms with van der Waals surface area (Å²) in [6, 6.07) is 8.41. The second kappa shape index (κ2) is 11.5. The third kappa shape index (κ3) is 6.04. The van der Waals surface area contributed by atoms with Crippen molar-refractivity contribution in [2.75, 3.05) is 20.2 Å². The first-order valence-corrected chi connectivity index (χ1v) is 11.0. The Labute approximate surface area is 212 Å². The summed E-state index contributed by atoms with van der Waals surface area (Å²) in [6.07, 6.45) is 6.90. The molecule has 3 heterocycles. The molecule has 1 N–H and O–H groups in total. The second-order valence-electron chi connectivity index (χ2n) is 8.35. The van der Waals surface area contributed by atoms with Crippen molar-refractivity contribution >= 4 is 29.9 Å². The smallest absolute Gasteiger partial charge is 0.194 e. The maximum absolute atomic E-state index is 5.27. The lowest BCUT2D eigenvalue weighted by atomic mass is 9.93. The zero-order chi connectivity index (χ0) is 22.5. The molecule has 0 radical (unpaired) electrons. The number of hydrogen-bond donors (Lipinski definition) is 1. The van der Waals surface area contributed by atoms with Crippen molar-refractivity contribution in [3.8, 4) is 5.75 Å². The molecule has 0 aliphatic carbocycles. The number of piperidine rings is 1. The Morgan fingerprint density at radius 3 is 2.67 bits per heavy atom. The van der Waals surface area contributed by atoms with Crippen LogP contribution in [0.3, 0.4) is 0 Å². The van der Waals surface area contributed by atoms with Crippen molar-refractivity contribution in [1.82, 2.24) is 34.5 Å². The minimum Gasteiger partial charge on any atom is -0.497 e. The predicted octanol–water partition coefficient (Wildman–Crippen LogP) is 3.18. The molecule has 178 valence electrons. The van der Waals surface area contributed by atoms with E-state index in [4.69, 9.17) is 9.73 Å². The fourth-order valence-corrected chi connectivity index (χ4v) is 4.02. The maximum atomic E-state index is 5.27. The van der Waals surface area contributed by atoms with Crippen LogP contribution in [0.15, 0.2) is 48.0 Å². The zero-order valence-corrected chi connectivity index (χ0v) is 22.0. The second-order valence-corrected chi connectivity index (χ2v) is 8.35. The van der Waals surface area contributed by atoms with E-state index in [2.05, 4.69) is 55.2 Å². The third-order valence-corrected chi connectivity index (χ3v) is 6.28. The first-order chi connectivity index (χ1) is 15.5. The molecule has 1 aliphatic heterocycles. The van der Waals surface area contributed by atoms with Crippen molar-refractivity contribution in [3.63, 3.8) is 0 Å². The van der Waals surface area contributed by atoms with Gasteiger partial charge in [-0.2, -0.15) is 0 Å². The number of methoxy groups -OCH3 is 1. The predicted molar refractivity (Wildman–Crippen MR) is 139 cm³/mol.